The minimum absolute atomic E-state index is 0.0510. The SMILES string of the molecule is COc1ccc(-n2c(SCC(=O)c3ccc(C)cc3C)nc3cc(C(=O)NCC(C)C)ccc3c2=O)cc1. The average molecular weight is 530 g/mol. The van der Waals surface area contributed by atoms with Crippen LogP contribution in [0.3, 0.4) is 0 Å². The van der Waals surface area contributed by atoms with E-state index in [1.807, 2.05) is 45.9 Å². The van der Waals surface area contributed by atoms with Crippen LogP contribution in [0.15, 0.2) is 70.6 Å². The van der Waals surface area contributed by atoms with Gasteiger partial charge in [0, 0.05) is 17.7 Å². The Bertz CT molecular complexity index is 1560. The number of aryl methyl sites for hydroxylation is 2. The number of hydrogen-bond donors (Lipinski definition) is 1. The number of benzene rings is 3. The van der Waals surface area contributed by atoms with Crippen molar-refractivity contribution in [2.24, 2.45) is 5.92 Å². The van der Waals surface area contributed by atoms with Gasteiger partial charge in [-0.15, -0.1) is 0 Å². The number of hydrogen-bond acceptors (Lipinski definition) is 6. The number of fused-ring (bicyclic) bond motifs is 1. The zero-order chi connectivity index (χ0) is 27.4. The van der Waals surface area contributed by atoms with Gasteiger partial charge in [0.1, 0.15) is 5.75 Å². The molecule has 0 fully saturated rings. The molecule has 1 N–H and O–H groups in total. The third kappa shape index (κ3) is 5.97. The van der Waals surface area contributed by atoms with E-state index in [9.17, 15) is 14.4 Å². The summed E-state index contributed by atoms with van der Waals surface area (Å²) in [6.45, 7) is 8.49. The second-order valence-electron chi connectivity index (χ2n) is 9.60. The lowest BCUT2D eigenvalue weighted by molar-refractivity contribution is 0.0948. The summed E-state index contributed by atoms with van der Waals surface area (Å²) in [5.41, 5.74) is 3.79. The van der Waals surface area contributed by atoms with Crippen molar-refractivity contribution in [3.05, 3.63) is 93.3 Å². The van der Waals surface area contributed by atoms with Crippen LogP contribution in [0.4, 0.5) is 0 Å². The van der Waals surface area contributed by atoms with Crippen LogP contribution in [0, 0.1) is 19.8 Å². The summed E-state index contributed by atoms with van der Waals surface area (Å²) in [6.07, 6.45) is 0. The van der Waals surface area contributed by atoms with Gasteiger partial charge in [-0.1, -0.05) is 49.4 Å². The molecule has 4 rings (SSSR count). The third-order valence-electron chi connectivity index (χ3n) is 6.12. The molecule has 4 aromatic rings. The predicted molar refractivity (Wildman–Crippen MR) is 152 cm³/mol. The predicted octanol–water partition coefficient (Wildman–Crippen LogP) is 5.37. The Kier molecular flexibility index (Phi) is 8.32. The number of thioether (sulfide) groups is 1. The summed E-state index contributed by atoms with van der Waals surface area (Å²) < 4.78 is 6.76. The molecule has 1 heterocycles. The molecule has 0 aliphatic heterocycles. The van der Waals surface area contributed by atoms with Gasteiger partial charge in [-0.2, -0.15) is 0 Å². The first-order valence-electron chi connectivity index (χ1n) is 12.4. The van der Waals surface area contributed by atoms with Gasteiger partial charge in [0.25, 0.3) is 11.5 Å². The van der Waals surface area contributed by atoms with Crippen LogP contribution in [-0.2, 0) is 0 Å². The Morgan fingerprint density at radius 1 is 1.03 bits per heavy atom. The van der Waals surface area contributed by atoms with Crippen molar-refractivity contribution in [1.82, 2.24) is 14.9 Å². The summed E-state index contributed by atoms with van der Waals surface area (Å²) in [4.78, 5) is 44.2. The summed E-state index contributed by atoms with van der Waals surface area (Å²) >= 11 is 1.20. The van der Waals surface area contributed by atoms with Crippen LogP contribution < -0.4 is 15.6 Å². The third-order valence-corrected chi connectivity index (χ3v) is 7.06. The number of carbonyl (C=O) groups is 2. The normalized spacial score (nSPS) is 11.1. The second kappa shape index (κ2) is 11.6. The first-order chi connectivity index (χ1) is 18.2. The number of ketones is 1. The molecule has 0 saturated carbocycles. The standard InChI is InChI=1S/C30H31N3O4S/c1-18(2)16-31-28(35)21-7-13-25-26(15-21)32-30(33(29(25)36)22-8-10-23(37-5)11-9-22)38-17-27(34)24-12-6-19(3)14-20(24)4/h6-15,18H,16-17H2,1-5H3,(H,31,35). The monoisotopic (exact) mass is 529 g/mol. The zero-order valence-electron chi connectivity index (χ0n) is 22.2. The first-order valence-corrected chi connectivity index (χ1v) is 13.4. The van der Waals surface area contributed by atoms with E-state index in [1.54, 1.807) is 49.6 Å². The maximum Gasteiger partial charge on any atom is 0.266 e. The van der Waals surface area contributed by atoms with E-state index in [1.165, 1.54) is 16.3 Å². The molecule has 1 aromatic heterocycles. The topological polar surface area (TPSA) is 90.3 Å². The zero-order valence-corrected chi connectivity index (χ0v) is 23.0. The number of Topliss-reactive ketones (excluding diaryl/α,β-unsaturated/α-hetero) is 1. The van der Waals surface area contributed by atoms with Gasteiger partial charge < -0.3 is 10.1 Å². The maximum atomic E-state index is 13.7. The van der Waals surface area contributed by atoms with E-state index in [-0.39, 0.29) is 23.0 Å². The van der Waals surface area contributed by atoms with Crippen LogP contribution in [-0.4, -0.2) is 40.6 Å². The number of nitrogens with zero attached hydrogens (tertiary/aromatic N) is 2. The lowest BCUT2D eigenvalue weighted by Crippen LogP contribution is -2.27. The molecular weight excluding hydrogens is 498 g/mol. The van der Waals surface area contributed by atoms with Crippen molar-refractivity contribution in [2.75, 3.05) is 19.4 Å². The fourth-order valence-electron chi connectivity index (χ4n) is 4.10. The van der Waals surface area contributed by atoms with Gasteiger partial charge in [0.2, 0.25) is 0 Å². The molecule has 0 aliphatic carbocycles. The highest BCUT2D eigenvalue weighted by atomic mass is 32.2. The Morgan fingerprint density at radius 3 is 2.42 bits per heavy atom. The van der Waals surface area contributed by atoms with E-state index in [0.717, 1.165) is 11.1 Å². The molecule has 38 heavy (non-hydrogen) atoms. The largest absolute Gasteiger partial charge is 0.497 e. The molecule has 0 atom stereocenters. The van der Waals surface area contributed by atoms with Gasteiger partial charge in [-0.3, -0.25) is 19.0 Å². The summed E-state index contributed by atoms with van der Waals surface area (Å²) in [7, 11) is 1.58. The van der Waals surface area contributed by atoms with Gasteiger partial charge in [-0.25, -0.2) is 4.98 Å². The van der Waals surface area contributed by atoms with Crippen LogP contribution in [0.5, 0.6) is 5.75 Å². The molecule has 8 heteroatoms. The molecule has 1 amide bonds. The van der Waals surface area contributed by atoms with E-state index in [0.29, 0.717) is 51.1 Å². The molecule has 0 radical (unpaired) electrons. The van der Waals surface area contributed by atoms with E-state index in [2.05, 4.69) is 5.32 Å². The second-order valence-corrected chi connectivity index (χ2v) is 10.5. The fourth-order valence-corrected chi connectivity index (χ4v) is 4.99. The highest BCUT2D eigenvalue weighted by Gasteiger charge is 2.18. The number of carbonyl (C=O) groups excluding carboxylic acids is 2. The van der Waals surface area contributed by atoms with Crippen molar-refractivity contribution >= 4 is 34.4 Å². The van der Waals surface area contributed by atoms with Gasteiger partial charge in [-0.05, 0) is 67.8 Å². The average Bonchev–Trinajstić information content (AvgIpc) is 2.90. The lowest BCUT2D eigenvalue weighted by Gasteiger charge is -2.14. The highest BCUT2D eigenvalue weighted by Crippen LogP contribution is 2.25. The Labute approximate surface area is 226 Å². The van der Waals surface area contributed by atoms with E-state index < -0.39 is 0 Å². The maximum absolute atomic E-state index is 13.7. The number of ether oxygens (including phenoxy) is 1. The Balaban J connectivity index is 1.76. The quantitative estimate of drug-likeness (QED) is 0.178. The van der Waals surface area contributed by atoms with Crippen molar-refractivity contribution in [3.8, 4) is 11.4 Å². The molecular formula is C30H31N3O4S. The van der Waals surface area contributed by atoms with Crippen LogP contribution in [0.1, 0.15) is 45.7 Å². The number of methoxy groups -OCH3 is 1. The number of rotatable bonds is 9. The highest BCUT2D eigenvalue weighted by molar-refractivity contribution is 7.99. The smallest absolute Gasteiger partial charge is 0.266 e. The van der Waals surface area contributed by atoms with E-state index in [4.69, 9.17) is 9.72 Å². The van der Waals surface area contributed by atoms with Crippen LogP contribution in [0.25, 0.3) is 16.6 Å². The summed E-state index contributed by atoms with van der Waals surface area (Å²) in [5, 5.41) is 3.64. The minimum Gasteiger partial charge on any atom is -0.497 e. The number of aromatic nitrogens is 2. The van der Waals surface area contributed by atoms with E-state index >= 15 is 0 Å². The van der Waals surface area contributed by atoms with Gasteiger partial charge >= 0.3 is 0 Å². The molecule has 0 saturated heterocycles. The van der Waals surface area contributed by atoms with Crippen LogP contribution >= 0.6 is 11.8 Å². The molecule has 7 nitrogen and oxygen atoms in total. The Hall–Kier alpha value is -3.91. The number of amides is 1. The Morgan fingerprint density at radius 2 is 1.76 bits per heavy atom. The number of nitrogens with one attached hydrogen (secondary N) is 1. The molecule has 196 valence electrons. The van der Waals surface area contributed by atoms with Crippen molar-refractivity contribution in [2.45, 2.75) is 32.9 Å². The fraction of sp³-hybridized carbons (Fsp3) is 0.267. The summed E-state index contributed by atoms with van der Waals surface area (Å²) in [6, 6.07) is 17.7. The molecule has 0 unspecified atom stereocenters. The van der Waals surface area contributed by atoms with Crippen molar-refractivity contribution < 1.29 is 14.3 Å². The first kappa shape index (κ1) is 27.1. The molecule has 0 aliphatic rings. The van der Waals surface area contributed by atoms with Crippen molar-refractivity contribution in [1.29, 1.82) is 0 Å². The van der Waals surface area contributed by atoms with Crippen molar-refractivity contribution in [3.63, 3.8) is 0 Å². The van der Waals surface area contributed by atoms with Gasteiger partial charge in [0.15, 0.2) is 10.9 Å². The summed E-state index contributed by atoms with van der Waals surface area (Å²) in [5.74, 6) is 0.803. The molecule has 0 bridgehead atoms. The minimum atomic E-state index is -0.282. The molecule has 0 spiro atoms. The lowest BCUT2D eigenvalue weighted by atomic mass is 10.0. The van der Waals surface area contributed by atoms with Crippen LogP contribution in [0.2, 0.25) is 0 Å². The van der Waals surface area contributed by atoms with Gasteiger partial charge in [0.05, 0.1) is 29.5 Å². The molecule has 3 aromatic carbocycles.